The van der Waals surface area contributed by atoms with Crippen LogP contribution < -0.4 is 0 Å². The zero-order valence-corrected chi connectivity index (χ0v) is 19.2. The molecule has 0 fully saturated rings. The van der Waals surface area contributed by atoms with Gasteiger partial charge in [0.2, 0.25) is 0 Å². The molecule has 0 aliphatic carbocycles. The van der Waals surface area contributed by atoms with E-state index in [0.717, 1.165) is 6.42 Å². The molecule has 0 aliphatic heterocycles. The monoisotopic (exact) mass is 434 g/mol. The van der Waals surface area contributed by atoms with Crippen molar-refractivity contribution in [2.45, 2.75) is 79.0 Å². The SMILES string of the molecule is C=CC/C(=[CH]/[Sn]([CH2]CCC)([CH2]CCC)[CH2]CCC)c1ccccc1. The van der Waals surface area contributed by atoms with Gasteiger partial charge in [-0.1, -0.05) is 0 Å². The van der Waals surface area contributed by atoms with E-state index in [-0.39, 0.29) is 0 Å². The van der Waals surface area contributed by atoms with Crippen molar-refractivity contribution in [3.8, 4) is 0 Å². The maximum absolute atomic E-state index is 4.02. The number of hydrogen-bond donors (Lipinski definition) is 0. The van der Waals surface area contributed by atoms with Crippen LogP contribution in [0.4, 0.5) is 0 Å². The van der Waals surface area contributed by atoms with Crippen LogP contribution in [-0.2, 0) is 0 Å². The third-order valence-corrected chi connectivity index (χ3v) is 19.4. The molecule has 0 nitrogen and oxygen atoms in total. The Morgan fingerprint density at radius 3 is 1.79 bits per heavy atom. The van der Waals surface area contributed by atoms with E-state index in [2.05, 4.69) is 67.8 Å². The van der Waals surface area contributed by atoms with Crippen molar-refractivity contribution in [1.82, 2.24) is 0 Å². The van der Waals surface area contributed by atoms with Gasteiger partial charge in [0.15, 0.2) is 0 Å². The van der Waals surface area contributed by atoms with Gasteiger partial charge in [0.1, 0.15) is 0 Å². The Hall–Kier alpha value is -0.501. The summed E-state index contributed by atoms with van der Waals surface area (Å²) in [4.78, 5) is 0. The molecule has 0 unspecified atom stereocenters. The van der Waals surface area contributed by atoms with E-state index >= 15 is 0 Å². The summed E-state index contributed by atoms with van der Waals surface area (Å²) in [7, 11) is 0. The molecule has 0 heterocycles. The minimum atomic E-state index is -2.23. The Labute approximate surface area is 155 Å². The van der Waals surface area contributed by atoms with Crippen LogP contribution in [-0.4, -0.2) is 18.4 Å². The summed E-state index contributed by atoms with van der Waals surface area (Å²) in [5, 5.41) is 0. The molecule has 1 rings (SSSR count). The first-order valence-corrected chi connectivity index (χ1v) is 17.8. The van der Waals surface area contributed by atoms with Crippen LogP contribution >= 0.6 is 0 Å². The van der Waals surface area contributed by atoms with E-state index in [1.54, 1.807) is 18.9 Å². The summed E-state index contributed by atoms with van der Waals surface area (Å²) < 4.78 is 7.47. The summed E-state index contributed by atoms with van der Waals surface area (Å²) in [6.45, 7) is 11.1. The summed E-state index contributed by atoms with van der Waals surface area (Å²) in [5.41, 5.74) is 2.98. The van der Waals surface area contributed by atoms with Crippen LogP contribution in [0.15, 0.2) is 47.1 Å². The second kappa shape index (κ2) is 12.8. The van der Waals surface area contributed by atoms with Gasteiger partial charge in [-0.15, -0.1) is 0 Å². The zero-order chi connectivity index (χ0) is 17.7. The van der Waals surface area contributed by atoms with Crippen molar-refractivity contribution >= 4 is 24.0 Å². The van der Waals surface area contributed by atoms with Crippen LogP contribution in [0.2, 0.25) is 13.3 Å². The van der Waals surface area contributed by atoms with E-state index in [1.807, 2.05) is 0 Å². The molecule has 1 aromatic rings. The van der Waals surface area contributed by atoms with Crippen LogP contribution in [0.25, 0.3) is 5.57 Å². The fourth-order valence-corrected chi connectivity index (χ4v) is 19.0. The molecule has 0 aliphatic rings. The third-order valence-electron chi connectivity index (χ3n) is 5.07. The Balaban J connectivity index is 3.20. The third kappa shape index (κ3) is 7.59. The second-order valence-corrected chi connectivity index (χ2v) is 20.1. The number of hydrogen-bond acceptors (Lipinski definition) is 0. The molecular weight excluding hydrogens is 395 g/mol. The Bertz CT molecular complexity index is 450. The van der Waals surface area contributed by atoms with Gasteiger partial charge in [0.05, 0.1) is 0 Å². The number of benzene rings is 1. The van der Waals surface area contributed by atoms with Gasteiger partial charge in [-0.25, -0.2) is 0 Å². The van der Waals surface area contributed by atoms with Crippen LogP contribution in [0, 0.1) is 0 Å². The van der Waals surface area contributed by atoms with Gasteiger partial charge in [0, 0.05) is 0 Å². The topological polar surface area (TPSA) is 0 Å². The van der Waals surface area contributed by atoms with Gasteiger partial charge in [0.25, 0.3) is 0 Å². The van der Waals surface area contributed by atoms with Gasteiger partial charge in [-0.2, -0.15) is 0 Å². The Kier molecular flexibility index (Phi) is 11.5. The predicted octanol–water partition coefficient (Wildman–Crippen LogP) is 8.03. The van der Waals surface area contributed by atoms with Crippen LogP contribution in [0.5, 0.6) is 0 Å². The van der Waals surface area contributed by atoms with Gasteiger partial charge >= 0.3 is 156 Å². The first kappa shape index (κ1) is 21.5. The average Bonchev–Trinajstić information content (AvgIpc) is 2.63. The van der Waals surface area contributed by atoms with E-state index in [1.165, 1.54) is 44.1 Å². The number of rotatable bonds is 13. The molecule has 0 spiro atoms. The Morgan fingerprint density at radius 2 is 1.38 bits per heavy atom. The van der Waals surface area contributed by atoms with E-state index in [0.29, 0.717) is 0 Å². The number of allylic oxidation sites excluding steroid dienone is 2. The van der Waals surface area contributed by atoms with Gasteiger partial charge in [-0.05, 0) is 0 Å². The van der Waals surface area contributed by atoms with Crippen LogP contribution in [0.3, 0.4) is 0 Å². The summed E-state index contributed by atoms with van der Waals surface area (Å²) >= 11 is -2.23. The molecule has 0 saturated heterocycles. The quantitative estimate of drug-likeness (QED) is 0.218. The van der Waals surface area contributed by atoms with Crippen molar-refractivity contribution in [3.05, 3.63) is 52.6 Å². The summed E-state index contributed by atoms with van der Waals surface area (Å²) in [6, 6.07) is 11.0. The molecule has 0 N–H and O–H groups in total. The average molecular weight is 433 g/mol. The van der Waals surface area contributed by atoms with Gasteiger partial charge in [-0.3, -0.25) is 0 Å². The molecule has 0 amide bonds. The molecule has 1 aromatic carbocycles. The van der Waals surface area contributed by atoms with Crippen molar-refractivity contribution in [2.24, 2.45) is 0 Å². The zero-order valence-electron chi connectivity index (χ0n) is 16.3. The van der Waals surface area contributed by atoms with Gasteiger partial charge < -0.3 is 0 Å². The molecular formula is C23H38Sn. The molecule has 134 valence electrons. The molecule has 0 atom stereocenters. The molecule has 1 heteroatoms. The molecule has 24 heavy (non-hydrogen) atoms. The predicted molar refractivity (Wildman–Crippen MR) is 114 cm³/mol. The maximum atomic E-state index is 4.02. The second-order valence-electron chi connectivity index (χ2n) is 7.20. The molecule has 0 aromatic heterocycles. The molecule has 0 bridgehead atoms. The van der Waals surface area contributed by atoms with E-state index in [4.69, 9.17) is 0 Å². The normalized spacial score (nSPS) is 12.4. The Morgan fingerprint density at radius 1 is 0.875 bits per heavy atom. The van der Waals surface area contributed by atoms with Crippen LogP contribution in [0.1, 0.15) is 71.3 Å². The molecule has 0 saturated carbocycles. The number of unbranched alkanes of at least 4 members (excludes halogenated alkanes) is 3. The fourth-order valence-electron chi connectivity index (χ4n) is 3.62. The van der Waals surface area contributed by atoms with Crippen molar-refractivity contribution in [1.29, 1.82) is 0 Å². The standard InChI is InChI=1S/C11H11.3C4H9.Sn/c1-3-7-10(2)11-8-5-4-6-9-11;3*1-3-4-2;/h2-6,8-9H,1,7H2;3*1,3-4H2,2H3;. The first-order chi connectivity index (χ1) is 11.7. The first-order valence-electron chi connectivity index (χ1n) is 10.1. The van der Waals surface area contributed by atoms with Crippen molar-refractivity contribution in [3.63, 3.8) is 0 Å². The minimum absolute atomic E-state index is 1.02. The summed E-state index contributed by atoms with van der Waals surface area (Å²) in [5.74, 6) is 0. The van der Waals surface area contributed by atoms with Crippen molar-refractivity contribution in [2.75, 3.05) is 0 Å². The van der Waals surface area contributed by atoms with E-state index in [9.17, 15) is 0 Å². The van der Waals surface area contributed by atoms with Crippen molar-refractivity contribution < 1.29 is 0 Å². The van der Waals surface area contributed by atoms with E-state index < -0.39 is 18.4 Å². The fraction of sp³-hybridized carbons (Fsp3) is 0.565. The molecule has 0 radical (unpaired) electrons. The summed E-state index contributed by atoms with van der Waals surface area (Å²) in [6.07, 6.45) is 11.4.